The molecule has 0 radical (unpaired) electrons. The summed E-state index contributed by atoms with van der Waals surface area (Å²) in [4.78, 5) is 0. The molecule has 54 valence electrons. The summed E-state index contributed by atoms with van der Waals surface area (Å²) in [5, 5.41) is 0. The van der Waals surface area contributed by atoms with Crippen molar-refractivity contribution in [1.82, 2.24) is 0 Å². The normalized spacial score (nSPS) is 5.25. The van der Waals surface area contributed by atoms with E-state index in [1.807, 2.05) is 20.8 Å². The van der Waals surface area contributed by atoms with Gasteiger partial charge in [0.1, 0.15) is 0 Å². The lowest BCUT2D eigenvalue weighted by Crippen LogP contribution is -1.87. The highest BCUT2D eigenvalue weighted by Crippen LogP contribution is 1.67. The molecule has 0 aromatic carbocycles. The molecule has 0 fully saturated rings. The second kappa shape index (κ2) is 56.4. The highest BCUT2D eigenvalue weighted by molar-refractivity contribution is 7.87. The first-order valence-electron chi connectivity index (χ1n) is 2.48. The summed E-state index contributed by atoms with van der Waals surface area (Å²) in [7, 11) is 0. The monoisotopic (exact) mass is 141 g/mol. The van der Waals surface area contributed by atoms with Crippen LogP contribution in [0, 0.1) is 0 Å². The summed E-state index contributed by atoms with van der Waals surface area (Å²) in [6.45, 7) is 6.65. The third kappa shape index (κ3) is 3220. The van der Waals surface area contributed by atoms with Crippen LogP contribution in [0.15, 0.2) is 0 Å². The number of nitrogens with two attached hydrogens (primary N) is 1. The minimum Gasteiger partial charge on any atom is -0.331 e. The molecule has 0 aliphatic carbocycles. The fourth-order valence-electron chi connectivity index (χ4n) is 0. The second-order valence-corrected chi connectivity index (χ2v) is 0.653. The Bertz CT molecular complexity index is 16.0. The summed E-state index contributed by atoms with van der Waals surface area (Å²) < 4.78 is 14.1. The Morgan fingerprint density at radius 2 is 1.38 bits per heavy atom. The van der Waals surface area contributed by atoms with Crippen molar-refractivity contribution in [3.8, 4) is 0 Å². The number of rotatable bonds is 0. The van der Waals surface area contributed by atoms with Crippen LogP contribution in [0.1, 0.15) is 20.8 Å². The van der Waals surface area contributed by atoms with Gasteiger partial charge in [0.05, 0.1) is 0 Å². The molecule has 0 rings (SSSR count). The van der Waals surface area contributed by atoms with Gasteiger partial charge in [0.15, 0.2) is 12.3 Å². The van der Waals surface area contributed by atoms with Gasteiger partial charge in [-0.05, 0) is 6.54 Å². The quantitative estimate of drug-likeness (QED) is 0.449. The maximum absolute atomic E-state index is 7.04. The predicted octanol–water partition coefficient (Wildman–Crippen LogP) is 1.66. The second-order valence-electron chi connectivity index (χ2n) is 0.490. The van der Waals surface area contributed by atoms with Crippen molar-refractivity contribution >= 4 is 12.3 Å². The molecule has 4 heteroatoms. The van der Waals surface area contributed by atoms with Crippen LogP contribution in [0.5, 0.6) is 0 Å². The Morgan fingerprint density at radius 1 is 1.38 bits per heavy atom. The lowest BCUT2D eigenvalue weighted by Gasteiger charge is -1.53. The van der Waals surface area contributed by atoms with Crippen LogP contribution >= 0.6 is 12.3 Å². The van der Waals surface area contributed by atoms with Gasteiger partial charge >= 0.3 is 0 Å². The molecule has 0 amide bonds. The highest BCUT2D eigenvalue weighted by atomic mass is 32.2. The third-order valence-corrected chi connectivity index (χ3v) is 0. The number of hydrogen-bond acceptors (Lipinski definition) is 4. The van der Waals surface area contributed by atoms with Crippen LogP contribution in [0.2, 0.25) is 0 Å². The zero-order chi connectivity index (χ0) is 7.41. The third-order valence-electron chi connectivity index (χ3n) is 0. The van der Waals surface area contributed by atoms with Crippen LogP contribution in [-0.4, -0.2) is 15.7 Å². The van der Waals surface area contributed by atoms with Gasteiger partial charge in [-0.2, -0.15) is 0 Å². The minimum atomic E-state index is -0.250. The molecule has 0 aliphatic heterocycles. The molecule has 0 aromatic heterocycles. The molecule has 0 aliphatic rings. The smallest absolute Gasteiger partial charge is 0.152 e. The molecule has 0 saturated heterocycles. The van der Waals surface area contributed by atoms with Gasteiger partial charge in [0.25, 0.3) is 0 Å². The van der Waals surface area contributed by atoms with E-state index >= 15 is 0 Å². The average Bonchev–Trinajstić information content (AvgIpc) is 1.75. The van der Waals surface area contributed by atoms with E-state index in [0.29, 0.717) is 0 Å². The van der Waals surface area contributed by atoms with Gasteiger partial charge in [-0.15, -0.1) is 0 Å². The molecule has 0 unspecified atom stereocenters. The molecule has 0 spiro atoms. The summed E-state index contributed by atoms with van der Waals surface area (Å²) in [6, 6.07) is 0. The molecule has 0 saturated carbocycles. The maximum atomic E-state index is 7.04. The van der Waals surface area contributed by atoms with Crippen LogP contribution in [-0.2, 0) is 0 Å². The average molecular weight is 141 g/mol. The lowest BCUT2D eigenvalue weighted by atomic mass is 10.8. The van der Waals surface area contributed by atoms with Crippen LogP contribution in [0.4, 0.5) is 0 Å². The summed E-state index contributed by atoms with van der Waals surface area (Å²) >= 11 is -0.250. The van der Waals surface area contributed by atoms with Crippen molar-refractivity contribution in [3.05, 3.63) is 0 Å². The van der Waals surface area contributed by atoms with Crippen molar-refractivity contribution in [3.63, 3.8) is 0 Å². The largest absolute Gasteiger partial charge is 0.331 e. The topological polar surface area (TPSA) is 66.5 Å². The SMILES string of the molecule is CC.CCN.OSO. The van der Waals surface area contributed by atoms with Gasteiger partial charge in [-0.3, -0.25) is 0 Å². The molecule has 4 N–H and O–H groups in total. The van der Waals surface area contributed by atoms with E-state index in [4.69, 9.17) is 14.8 Å². The van der Waals surface area contributed by atoms with Crippen molar-refractivity contribution < 1.29 is 9.11 Å². The van der Waals surface area contributed by atoms with E-state index < -0.39 is 0 Å². The maximum Gasteiger partial charge on any atom is 0.152 e. The molecule has 0 atom stereocenters. The van der Waals surface area contributed by atoms with Crippen molar-refractivity contribution in [2.45, 2.75) is 20.8 Å². The van der Waals surface area contributed by atoms with Gasteiger partial charge in [-0.1, -0.05) is 20.8 Å². The van der Waals surface area contributed by atoms with Gasteiger partial charge in [-0.25, -0.2) is 0 Å². The first kappa shape index (κ1) is 15.7. The van der Waals surface area contributed by atoms with E-state index in [1.54, 1.807) is 0 Å². The van der Waals surface area contributed by atoms with Crippen LogP contribution < -0.4 is 5.73 Å². The zero-order valence-electron chi connectivity index (χ0n) is 5.59. The first-order valence-corrected chi connectivity index (χ1v) is 3.21. The Kier molecular flexibility index (Phi) is 111. The Balaban J connectivity index is -0.0000000483. The number of hydrogen-bond donors (Lipinski definition) is 3. The minimum absolute atomic E-state index is 0.250. The highest BCUT2D eigenvalue weighted by Gasteiger charge is 1.36. The molecule has 8 heavy (non-hydrogen) atoms. The molecular formula is C4H15NO2S. The summed E-state index contributed by atoms with van der Waals surface area (Å²) in [6.07, 6.45) is 0. The van der Waals surface area contributed by atoms with E-state index in [-0.39, 0.29) is 12.3 Å². The Morgan fingerprint density at radius 3 is 1.38 bits per heavy atom. The standard InChI is InChI=1S/C2H7N.C2H6.H2O2S/c1-2-3;1-2;1-3-2/h2-3H2,1H3;1-2H3;1-2H. The molecule has 0 heterocycles. The van der Waals surface area contributed by atoms with Crippen LogP contribution in [0.3, 0.4) is 0 Å². The van der Waals surface area contributed by atoms with Crippen molar-refractivity contribution in [2.24, 2.45) is 5.73 Å². The Hall–Kier alpha value is 0.230. The molecule has 0 aromatic rings. The lowest BCUT2D eigenvalue weighted by molar-refractivity contribution is 0.541. The van der Waals surface area contributed by atoms with Gasteiger partial charge < -0.3 is 14.8 Å². The van der Waals surface area contributed by atoms with Crippen molar-refractivity contribution in [1.29, 1.82) is 0 Å². The predicted molar refractivity (Wildman–Crippen MR) is 38.9 cm³/mol. The fraction of sp³-hybridized carbons (Fsp3) is 1.00. The van der Waals surface area contributed by atoms with E-state index in [9.17, 15) is 0 Å². The van der Waals surface area contributed by atoms with E-state index in [2.05, 4.69) is 0 Å². The van der Waals surface area contributed by atoms with Gasteiger partial charge in [0, 0.05) is 0 Å². The summed E-state index contributed by atoms with van der Waals surface area (Å²) in [5.41, 5.74) is 4.85. The molecular weight excluding hydrogens is 126 g/mol. The van der Waals surface area contributed by atoms with Gasteiger partial charge in [0.2, 0.25) is 0 Å². The van der Waals surface area contributed by atoms with Crippen molar-refractivity contribution in [2.75, 3.05) is 6.54 Å². The zero-order valence-corrected chi connectivity index (χ0v) is 6.40. The first-order chi connectivity index (χ1) is 3.83. The van der Waals surface area contributed by atoms with E-state index in [0.717, 1.165) is 6.54 Å². The fourth-order valence-corrected chi connectivity index (χ4v) is 0. The molecule has 0 bridgehead atoms. The molecule has 3 nitrogen and oxygen atoms in total. The van der Waals surface area contributed by atoms with Crippen LogP contribution in [0.25, 0.3) is 0 Å². The Labute approximate surface area is 55.3 Å². The van der Waals surface area contributed by atoms with E-state index in [1.165, 1.54) is 0 Å². The summed E-state index contributed by atoms with van der Waals surface area (Å²) in [5.74, 6) is 0.